The third-order valence-corrected chi connectivity index (χ3v) is 8.21. The van der Waals surface area contributed by atoms with Crippen molar-refractivity contribution >= 4 is 32.3 Å². The van der Waals surface area contributed by atoms with Gasteiger partial charge in [-0.1, -0.05) is 148 Å². The highest BCUT2D eigenvalue weighted by Crippen LogP contribution is 2.45. The second-order valence-corrected chi connectivity index (χ2v) is 11.8. The summed E-state index contributed by atoms with van der Waals surface area (Å²) in [4.78, 5) is 0. The Morgan fingerprint density at radius 2 is 0.875 bits per heavy atom. The van der Waals surface area contributed by atoms with Gasteiger partial charge in [0, 0.05) is 0 Å². The maximum Gasteiger partial charge on any atom is -0.00260 e. The highest BCUT2D eigenvalue weighted by Gasteiger charge is 2.20. The largest absolute Gasteiger partial charge is 0.0622 e. The molecule has 0 heterocycles. The lowest BCUT2D eigenvalue weighted by Crippen LogP contribution is -2.10. The Bertz CT molecular complexity index is 2000. The summed E-state index contributed by atoms with van der Waals surface area (Å²) in [7, 11) is 0. The van der Waals surface area contributed by atoms with Crippen molar-refractivity contribution in [2.75, 3.05) is 0 Å². The van der Waals surface area contributed by atoms with Crippen molar-refractivity contribution in [1.29, 1.82) is 0 Å². The summed E-state index contributed by atoms with van der Waals surface area (Å²) in [6.07, 6.45) is 0. The van der Waals surface area contributed by atoms with Gasteiger partial charge >= 0.3 is 0 Å². The Balaban J connectivity index is 1.55. The van der Waals surface area contributed by atoms with Gasteiger partial charge < -0.3 is 0 Å². The van der Waals surface area contributed by atoms with E-state index in [2.05, 4.69) is 160 Å². The van der Waals surface area contributed by atoms with Gasteiger partial charge in [0.05, 0.1) is 0 Å². The van der Waals surface area contributed by atoms with Crippen molar-refractivity contribution in [2.45, 2.75) is 26.2 Å². The van der Waals surface area contributed by atoms with Gasteiger partial charge in [-0.2, -0.15) is 0 Å². The van der Waals surface area contributed by atoms with E-state index in [1.165, 1.54) is 71.3 Å². The van der Waals surface area contributed by atoms with Gasteiger partial charge in [0.2, 0.25) is 0 Å². The summed E-state index contributed by atoms with van der Waals surface area (Å²) >= 11 is 0. The maximum atomic E-state index is 2.44. The van der Waals surface area contributed by atoms with Crippen molar-refractivity contribution in [3.8, 4) is 33.4 Å². The molecule has 0 nitrogen and oxygen atoms in total. The fraction of sp³-hybridized carbons (Fsp3) is 0.100. The molecule has 0 fully saturated rings. The van der Waals surface area contributed by atoms with Gasteiger partial charge in [0.15, 0.2) is 0 Å². The van der Waals surface area contributed by atoms with Gasteiger partial charge in [-0.3, -0.25) is 0 Å². The van der Waals surface area contributed by atoms with Crippen LogP contribution in [0.3, 0.4) is 0 Å². The van der Waals surface area contributed by atoms with Crippen molar-refractivity contribution in [3.63, 3.8) is 0 Å². The Labute approximate surface area is 236 Å². The van der Waals surface area contributed by atoms with E-state index in [0.29, 0.717) is 0 Å². The molecule has 7 rings (SSSR count). The summed E-state index contributed by atoms with van der Waals surface area (Å²) in [5.74, 6) is 0. The van der Waals surface area contributed by atoms with Gasteiger partial charge in [0.1, 0.15) is 0 Å². The Morgan fingerprint density at radius 1 is 0.350 bits per heavy atom. The van der Waals surface area contributed by atoms with Crippen molar-refractivity contribution < 1.29 is 0 Å². The fourth-order valence-electron chi connectivity index (χ4n) is 6.07. The number of hydrogen-bond donors (Lipinski definition) is 0. The molecular weight excluding hydrogens is 480 g/mol. The molecule has 7 aromatic carbocycles. The predicted octanol–water partition coefficient (Wildman–Crippen LogP) is 11.4. The minimum atomic E-state index is 0.0536. The van der Waals surface area contributed by atoms with Gasteiger partial charge in [-0.25, -0.2) is 0 Å². The van der Waals surface area contributed by atoms with E-state index in [-0.39, 0.29) is 5.41 Å². The fourth-order valence-corrected chi connectivity index (χ4v) is 6.07. The third kappa shape index (κ3) is 4.17. The molecular formula is C40H32. The topological polar surface area (TPSA) is 0 Å². The summed E-state index contributed by atoms with van der Waals surface area (Å²) in [6.45, 7) is 6.90. The van der Waals surface area contributed by atoms with Gasteiger partial charge in [0.25, 0.3) is 0 Å². The lowest BCUT2D eigenvalue weighted by molar-refractivity contribution is 0.591. The summed E-state index contributed by atoms with van der Waals surface area (Å²) < 4.78 is 0. The number of fused-ring (bicyclic) bond motifs is 3. The molecule has 0 saturated carbocycles. The highest BCUT2D eigenvalue weighted by atomic mass is 14.2. The molecule has 0 radical (unpaired) electrons. The molecule has 0 saturated heterocycles. The van der Waals surface area contributed by atoms with E-state index in [0.717, 1.165) is 0 Å². The molecule has 0 amide bonds. The quantitative estimate of drug-likeness (QED) is 0.207. The lowest BCUT2D eigenvalue weighted by atomic mass is 9.81. The van der Waals surface area contributed by atoms with Crippen LogP contribution in [-0.2, 0) is 5.41 Å². The van der Waals surface area contributed by atoms with Crippen LogP contribution in [0.15, 0.2) is 140 Å². The summed E-state index contributed by atoms with van der Waals surface area (Å²) in [5.41, 5.74) is 9.00. The first kappa shape index (κ1) is 24.4. The molecule has 0 bridgehead atoms. The van der Waals surface area contributed by atoms with Crippen LogP contribution >= 0.6 is 0 Å². The molecule has 0 spiro atoms. The van der Waals surface area contributed by atoms with E-state index in [9.17, 15) is 0 Å². The smallest absolute Gasteiger partial charge is 0.00260 e. The van der Waals surface area contributed by atoms with Crippen molar-refractivity contribution in [3.05, 3.63) is 145 Å². The zero-order valence-electron chi connectivity index (χ0n) is 23.3. The van der Waals surface area contributed by atoms with E-state index >= 15 is 0 Å². The van der Waals surface area contributed by atoms with E-state index in [4.69, 9.17) is 0 Å². The molecule has 40 heavy (non-hydrogen) atoms. The molecule has 0 aliphatic rings. The standard InChI is InChI=1S/C40H32/c1-40(2,3)33-23-24-36-37(26-33)39(32-22-19-28-13-7-8-14-31(28)25-32)35-16-10-9-15-34(35)38(36)30-20-17-29(18-21-30)27-11-5-4-6-12-27/h4-26H,1-3H3. The molecule has 0 atom stereocenters. The lowest BCUT2D eigenvalue weighted by Gasteiger charge is -2.23. The number of benzene rings is 7. The first-order valence-electron chi connectivity index (χ1n) is 14.1. The average molecular weight is 513 g/mol. The number of hydrogen-bond acceptors (Lipinski definition) is 0. The SMILES string of the molecule is CC(C)(C)c1ccc2c(-c3ccc(-c4ccccc4)cc3)c3ccccc3c(-c3ccc4ccccc4c3)c2c1. The normalized spacial score (nSPS) is 11.9. The number of rotatable bonds is 3. The van der Waals surface area contributed by atoms with E-state index in [1.54, 1.807) is 0 Å². The van der Waals surface area contributed by atoms with E-state index < -0.39 is 0 Å². The molecule has 0 aliphatic heterocycles. The second-order valence-electron chi connectivity index (χ2n) is 11.8. The predicted molar refractivity (Wildman–Crippen MR) is 174 cm³/mol. The van der Waals surface area contributed by atoms with Crippen LogP contribution in [0.5, 0.6) is 0 Å². The van der Waals surface area contributed by atoms with Crippen LogP contribution < -0.4 is 0 Å². The van der Waals surface area contributed by atoms with Crippen LogP contribution in [0.4, 0.5) is 0 Å². The van der Waals surface area contributed by atoms with Crippen molar-refractivity contribution in [1.82, 2.24) is 0 Å². The Kier molecular flexibility index (Phi) is 5.79. The molecule has 192 valence electrons. The van der Waals surface area contributed by atoms with Gasteiger partial charge in [-0.15, -0.1) is 0 Å². The first-order chi connectivity index (χ1) is 19.5. The molecule has 0 aliphatic carbocycles. The van der Waals surface area contributed by atoms with Gasteiger partial charge in [-0.05, 0) is 88.8 Å². The molecule has 0 aromatic heterocycles. The minimum Gasteiger partial charge on any atom is -0.0622 e. The molecule has 0 heteroatoms. The zero-order valence-corrected chi connectivity index (χ0v) is 23.3. The molecule has 0 N–H and O–H groups in total. The van der Waals surface area contributed by atoms with Crippen LogP contribution in [0.25, 0.3) is 65.7 Å². The summed E-state index contributed by atoms with van der Waals surface area (Å²) in [5, 5.41) is 7.72. The Morgan fingerprint density at radius 3 is 1.57 bits per heavy atom. The third-order valence-electron chi connectivity index (χ3n) is 8.21. The zero-order chi connectivity index (χ0) is 27.3. The average Bonchev–Trinajstić information content (AvgIpc) is 2.99. The molecule has 7 aromatic rings. The van der Waals surface area contributed by atoms with Crippen molar-refractivity contribution in [2.24, 2.45) is 0 Å². The first-order valence-corrected chi connectivity index (χ1v) is 14.1. The Hall–Kier alpha value is -4.68. The monoisotopic (exact) mass is 512 g/mol. The minimum absolute atomic E-state index is 0.0536. The summed E-state index contributed by atoms with van der Waals surface area (Å²) in [6, 6.07) is 51.3. The second kappa shape index (κ2) is 9.50. The molecule has 0 unspecified atom stereocenters. The van der Waals surface area contributed by atoms with Crippen LogP contribution in [0.1, 0.15) is 26.3 Å². The highest BCUT2D eigenvalue weighted by molar-refractivity contribution is 6.21. The maximum absolute atomic E-state index is 2.44. The van der Waals surface area contributed by atoms with Crippen LogP contribution in [-0.4, -0.2) is 0 Å². The van der Waals surface area contributed by atoms with E-state index in [1.807, 2.05) is 0 Å². The van der Waals surface area contributed by atoms with Crippen LogP contribution in [0, 0.1) is 0 Å². The van der Waals surface area contributed by atoms with Crippen LogP contribution in [0.2, 0.25) is 0 Å².